The van der Waals surface area contributed by atoms with Gasteiger partial charge in [-0.1, -0.05) is 23.7 Å². The molecule has 2 aromatic carbocycles. The van der Waals surface area contributed by atoms with Gasteiger partial charge in [0.1, 0.15) is 0 Å². The summed E-state index contributed by atoms with van der Waals surface area (Å²) in [6.07, 6.45) is 11.1. The first-order valence-corrected chi connectivity index (χ1v) is 7.64. The molecule has 0 N–H and O–H groups in total. The van der Waals surface area contributed by atoms with Gasteiger partial charge in [0.25, 0.3) is 0 Å². The van der Waals surface area contributed by atoms with E-state index in [2.05, 4.69) is 35.5 Å². The number of hydrogen-bond acceptors (Lipinski definition) is 0. The lowest BCUT2D eigenvalue weighted by Gasteiger charge is -2.03. The van der Waals surface area contributed by atoms with Crippen molar-refractivity contribution in [1.82, 2.24) is 0 Å². The normalized spacial score (nSPS) is 8.92. The van der Waals surface area contributed by atoms with E-state index in [4.69, 9.17) is 12.8 Å². The van der Waals surface area contributed by atoms with Gasteiger partial charge in [0.2, 0.25) is 0 Å². The maximum atomic E-state index is 5.56. The van der Waals surface area contributed by atoms with Crippen molar-refractivity contribution in [2.45, 2.75) is 27.7 Å². The second-order valence-corrected chi connectivity index (χ2v) is 5.75. The molecule has 0 fully saturated rings. The van der Waals surface area contributed by atoms with Crippen molar-refractivity contribution in [3.63, 3.8) is 0 Å². The average Bonchev–Trinajstić information content (AvgIpc) is 2.57. The summed E-state index contributed by atoms with van der Waals surface area (Å²) >= 11 is 0. The van der Waals surface area contributed by atoms with Gasteiger partial charge < -0.3 is 0 Å². The van der Waals surface area contributed by atoms with E-state index in [1.807, 2.05) is 52.0 Å². The number of terminal acetylenes is 2. The second-order valence-electron chi connectivity index (χ2n) is 5.75. The Bertz CT molecular complexity index is 925. The van der Waals surface area contributed by atoms with Crippen LogP contribution in [0, 0.1) is 76.1 Å². The Labute approximate surface area is 145 Å². The summed E-state index contributed by atoms with van der Waals surface area (Å²) in [5, 5.41) is 0. The fraction of sp³-hybridized carbons (Fsp3) is 0.167. The summed E-state index contributed by atoms with van der Waals surface area (Å²) in [4.78, 5) is 0. The average molecular weight is 306 g/mol. The van der Waals surface area contributed by atoms with Crippen molar-refractivity contribution in [1.29, 1.82) is 0 Å². The fourth-order valence-corrected chi connectivity index (χ4v) is 2.28. The Hall–Kier alpha value is -3.32. The number of benzene rings is 2. The van der Waals surface area contributed by atoms with Crippen LogP contribution in [-0.4, -0.2) is 0 Å². The zero-order valence-electron chi connectivity index (χ0n) is 14.5. The van der Waals surface area contributed by atoms with Crippen LogP contribution in [0.3, 0.4) is 0 Å². The van der Waals surface area contributed by atoms with Gasteiger partial charge in [0, 0.05) is 22.3 Å². The SMILES string of the molecule is C#Cc1cc(C)c(C)cc1C#CC#Cc1cc(C)c(C)cc1C#C. The summed E-state index contributed by atoms with van der Waals surface area (Å²) in [5.41, 5.74) is 7.89. The Morgan fingerprint density at radius 3 is 1.12 bits per heavy atom. The molecular formula is C24H18. The highest BCUT2D eigenvalue weighted by Gasteiger charge is 2.01. The molecule has 0 heteroatoms. The molecule has 0 saturated heterocycles. The van der Waals surface area contributed by atoms with Crippen LogP contribution in [0.15, 0.2) is 24.3 Å². The van der Waals surface area contributed by atoms with Crippen molar-refractivity contribution >= 4 is 0 Å². The molecule has 24 heavy (non-hydrogen) atoms. The highest BCUT2D eigenvalue weighted by molar-refractivity contribution is 5.57. The fourth-order valence-electron chi connectivity index (χ4n) is 2.28. The Morgan fingerprint density at radius 2 is 0.833 bits per heavy atom. The van der Waals surface area contributed by atoms with Crippen LogP contribution >= 0.6 is 0 Å². The van der Waals surface area contributed by atoms with E-state index < -0.39 is 0 Å². The van der Waals surface area contributed by atoms with Crippen molar-refractivity contribution in [2.24, 2.45) is 0 Å². The molecule has 0 spiro atoms. The highest BCUT2D eigenvalue weighted by Crippen LogP contribution is 2.15. The zero-order chi connectivity index (χ0) is 17.7. The van der Waals surface area contributed by atoms with Crippen LogP contribution in [0.2, 0.25) is 0 Å². The predicted molar refractivity (Wildman–Crippen MR) is 101 cm³/mol. The minimum absolute atomic E-state index is 0.794. The lowest BCUT2D eigenvalue weighted by molar-refractivity contribution is 1.32. The van der Waals surface area contributed by atoms with Gasteiger partial charge in [-0.3, -0.25) is 0 Å². The molecule has 0 saturated carbocycles. The lowest BCUT2D eigenvalue weighted by atomic mass is 10.00. The number of aryl methyl sites for hydroxylation is 4. The second kappa shape index (κ2) is 7.30. The minimum Gasteiger partial charge on any atom is -0.115 e. The van der Waals surface area contributed by atoms with Gasteiger partial charge in [0.15, 0.2) is 0 Å². The van der Waals surface area contributed by atoms with Crippen LogP contribution < -0.4 is 0 Å². The summed E-state index contributed by atoms with van der Waals surface area (Å²) < 4.78 is 0. The molecular weight excluding hydrogens is 288 g/mol. The van der Waals surface area contributed by atoms with Crippen LogP contribution in [-0.2, 0) is 0 Å². The molecule has 0 aliphatic heterocycles. The molecule has 0 bridgehead atoms. The van der Waals surface area contributed by atoms with Crippen molar-refractivity contribution in [2.75, 3.05) is 0 Å². The minimum atomic E-state index is 0.794. The van der Waals surface area contributed by atoms with E-state index in [-0.39, 0.29) is 0 Å². The quantitative estimate of drug-likeness (QED) is 0.637. The first-order valence-electron chi connectivity index (χ1n) is 7.64. The van der Waals surface area contributed by atoms with Gasteiger partial charge in [-0.25, -0.2) is 0 Å². The molecule has 0 aliphatic carbocycles. The first kappa shape index (κ1) is 17.0. The molecule has 0 radical (unpaired) electrons. The van der Waals surface area contributed by atoms with Gasteiger partial charge in [-0.2, -0.15) is 0 Å². The third kappa shape index (κ3) is 3.71. The van der Waals surface area contributed by atoms with E-state index in [1.165, 1.54) is 0 Å². The summed E-state index contributed by atoms with van der Waals surface area (Å²) in [6.45, 7) is 8.16. The maximum absolute atomic E-state index is 5.56. The van der Waals surface area contributed by atoms with Crippen LogP contribution in [0.4, 0.5) is 0 Å². The van der Waals surface area contributed by atoms with E-state index >= 15 is 0 Å². The summed E-state index contributed by atoms with van der Waals surface area (Å²) in [6, 6.07) is 7.96. The summed E-state index contributed by atoms with van der Waals surface area (Å²) in [7, 11) is 0. The smallest absolute Gasteiger partial charge is 0.0414 e. The van der Waals surface area contributed by atoms with Crippen LogP contribution in [0.25, 0.3) is 0 Å². The van der Waals surface area contributed by atoms with Gasteiger partial charge in [0.05, 0.1) is 0 Å². The van der Waals surface area contributed by atoms with E-state index in [0.29, 0.717) is 0 Å². The molecule has 2 rings (SSSR count). The number of rotatable bonds is 0. The van der Waals surface area contributed by atoms with Crippen molar-refractivity contribution in [3.8, 4) is 48.4 Å². The zero-order valence-corrected chi connectivity index (χ0v) is 14.5. The van der Waals surface area contributed by atoms with E-state index in [0.717, 1.165) is 44.5 Å². The van der Waals surface area contributed by atoms with Gasteiger partial charge in [-0.15, -0.1) is 12.8 Å². The van der Waals surface area contributed by atoms with Gasteiger partial charge >= 0.3 is 0 Å². The van der Waals surface area contributed by atoms with Crippen LogP contribution in [0.5, 0.6) is 0 Å². The Balaban J connectivity index is 2.40. The van der Waals surface area contributed by atoms with Crippen LogP contribution in [0.1, 0.15) is 44.5 Å². The maximum Gasteiger partial charge on any atom is 0.0414 e. The molecule has 2 aromatic rings. The Morgan fingerprint density at radius 1 is 0.542 bits per heavy atom. The predicted octanol–water partition coefficient (Wildman–Crippen LogP) is 4.29. The standard InChI is InChI=1S/C24H18/c1-7-21-13-17(3)19(5)15-23(21)11-9-10-12-24-16-20(6)18(4)14-22(24)8-2/h1-2,13-16H,3-6H3. The highest BCUT2D eigenvalue weighted by atomic mass is 14.0. The molecule has 0 nitrogen and oxygen atoms in total. The third-order valence-corrected chi connectivity index (χ3v) is 4.04. The lowest BCUT2D eigenvalue weighted by Crippen LogP contribution is -1.89. The molecule has 0 atom stereocenters. The van der Waals surface area contributed by atoms with Gasteiger partial charge in [-0.05, 0) is 86.1 Å². The molecule has 0 amide bonds. The van der Waals surface area contributed by atoms with Crippen molar-refractivity contribution < 1.29 is 0 Å². The van der Waals surface area contributed by atoms with E-state index in [1.54, 1.807) is 0 Å². The third-order valence-electron chi connectivity index (χ3n) is 4.04. The first-order chi connectivity index (χ1) is 11.5. The molecule has 114 valence electrons. The summed E-state index contributed by atoms with van der Waals surface area (Å²) in [5.74, 6) is 17.2. The molecule has 0 aromatic heterocycles. The monoisotopic (exact) mass is 306 g/mol. The number of hydrogen-bond donors (Lipinski definition) is 0. The topological polar surface area (TPSA) is 0 Å². The largest absolute Gasteiger partial charge is 0.115 e. The molecule has 0 aliphatic rings. The molecule has 0 unspecified atom stereocenters. The van der Waals surface area contributed by atoms with E-state index in [9.17, 15) is 0 Å². The van der Waals surface area contributed by atoms with Crippen molar-refractivity contribution in [3.05, 3.63) is 68.8 Å². The Kier molecular flexibility index (Phi) is 5.18. The molecule has 0 heterocycles.